The van der Waals surface area contributed by atoms with E-state index in [4.69, 9.17) is 5.26 Å². The summed E-state index contributed by atoms with van der Waals surface area (Å²) < 4.78 is 0.850. The Labute approximate surface area is 116 Å². The van der Waals surface area contributed by atoms with E-state index in [2.05, 4.69) is 27.3 Å². The molecule has 96 valence electrons. The number of nitriles is 1. The third-order valence-electron chi connectivity index (χ3n) is 2.32. The number of carbonyl (C=O) groups is 1. The predicted octanol–water partition coefficient (Wildman–Crippen LogP) is 2.28. The van der Waals surface area contributed by atoms with Crippen LogP contribution in [0, 0.1) is 11.3 Å². The Hall–Kier alpha value is -1.54. The van der Waals surface area contributed by atoms with Gasteiger partial charge in [-0.25, -0.2) is 0 Å². The van der Waals surface area contributed by atoms with Crippen molar-refractivity contribution >= 4 is 27.5 Å². The average molecular weight is 310 g/mol. The van der Waals surface area contributed by atoms with E-state index in [-0.39, 0.29) is 18.5 Å². The number of halogens is 1. The molecule has 1 N–H and O–H groups in total. The van der Waals surface area contributed by atoms with Crippen molar-refractivity contribution in [2.75, 3.05) is 18.5 Å². The lowest BCUT2D eigenvalue weighted by atomic mass is 10.2. The van der Waals surface area contributed by atoms with E-state index in [1.165, 1.54) is 0 Å². The number of nitrogens with one attached hydrogen (secondary N) is 1. The third-order valence-corrected chi connectivity index (χ3v) is 2.81. The number of carbonyl (C=O) groups excluding carboxylic acids is 1. The zero-order valence-corrected chi connectivity index (χ0v) is 12.3. The van der Waals surface area contributed by atoms with E-state index in [1.54, 1.807) is 18.0 Å². The number of nitrogens with zero attached hydrogens (tertiary/aromatic N) is 2. The zero-order valence-electron chi connectivity index (χ0n) is 10.7. The predicted molar refractivity (Wildman–Crippen MR) is 75.4 cm³/mol. The van der Waals surface area contributed by atoms with E-state index < -0.39 is 0 Å². The van der Waals surface area contributed by atoms with Gasteiger partial charge in [-0.05, 0) is 32.0 Å². The van der Waals surface area contributed by atoms with Crippen LogP contribution >= 0.6 is 15.9 Å². The van der Waals surface area contributed by atoms with Crippen LogP contribution in [0.1, 0.15) is 19.4 Å². The van der Waals surface area contributed by atoms with Crippen LogP contribution in [0.15, 0.2) is 22.7 Å². The molecule has 0 saturated heterocycles. The number of anilines is 1. The Morgan fingerprint density at radius 1 is 1.56 bits per heavy atom. The third kappa shape index (κ3) is 4.04. The summed E-state index contributed by atoms with van der Waals surface area (Å²) >= 11 is 3.32. The van der Waals surface area contributed by atoms with Gasteiger partial charge in [0.2, 0.25) is 5.91 Å². The maximum absolute atomic E-state index is 11.7. The van der Waals surface area contributed by atoms with Crippen LogP contribution in [0.4, 0.5) is 5.69 Å². The van der Waals surface area contributed by atoms with Crippen molar-refractivity contribution in [3.05, 3.63) is 28.2 Å². The molecule has 0 unspecified atom stereocenters. The first-order chi connectivity index (χ1) is 8.43. The first-order valence-corrected chi connectivity index (χ1v) is 6.43. The van der Waals surface area contributed by atoms with Crippen molar-refractivity contribution in [2.45, 2.75) is 19.9 Å². The van der Waals surface area contributed by atoms with Crippen molar-refractivity contribution in [1.82, 2.24) is 5.32 Å². The molecule has 1 rings (SSSR count). The first kappa shape index (κ1) is 14.5. The lowest BCUT2D eigenvalue weighted by molar-refractivity contribution is -0.120. The summed E-state index contributed by atoms with van der Waals surface area (Å²) in [5, 5.41) is 11.9. The van der Waals surface area contributed by atoms with Crippen LogP contribution < -0.4 is 10.2 Å². The second kappa shape index (κ2) is 6.41. The van der Waals surface area contributed by atoms with Crippen molar-refractivity contribution < 1.29 is 4.79 Å². The molecule has 18 heavy (non-hydrogen) atoms. The molecule has 4 nitrogen and oxygen atoms in total. The molecule has 0 fully saturated rings. The molecular weight excluding hydrogens is 294 g/mol. The summed E-state index contributed by atoms with van der Waals surface area (Å²) in [7, 11) is 1.80. The van der Waals surface area contributed by atoms with Gasteiger partial charge < -0.3 is 10.2 Å². The maximum Gasteiger partial charge on any atom is 0.239 e. The van der Waals surface area contributed by atoms with Crippen LogP contribution in [-0.2, 0) is 4.79 Å². The van der Waals surface area contributed by atoms with E-state index in [0.717, 1.165) is 10.2 Å². The van der Waals surface area contributed by atoms with Crippen LogP contribution in [0.5, 0.6) is 0 Å². The van der Waals surface area contributed by atoms with Crippen LogP contribution in [0.25, 0.3) is 0 Å². The molecule has 1 amide bonds. The standard InChI is InChI=1S/C13H16BrN3O/c1-9(2)16-13(18)8-17(3)12-5-4-11(14)6-10(12)7-15/h4-6,9H,8H2,1-3H3,(H,16,18). The van der Waals surface area contributed by atoms with E-state index >= 15 is 0 Å². The molecule has 0 bridgehead atoms. The zero-order chi connectivity index (χ0) is 13.7. The fourth-order valence-corrected chi connectivity index (χ4v) is 1.96. The van der Waals surface area contributed by atoms with Crippen LogP contribution in [0.2, 0.25) is 0 Å². The Kier molecular flexibility index (Phi) is 5.17. The molecule has 0 spiro atoms. The van der Waals surface area contributed by atoms with E-state index in [0.29, 0.717) is 5.56 Å². The van der Waals surface area contributed by atoms with Gasteiger partial charge in [0.1, 0.15) is 6.07 Å². The fraction of sp³-hybridized carbons (Fsp3) is 0.385. The van der Waals surface area contributed by atoms with Crippen molar-refractivity contribution in [2.24, 2.45) is 0 Å². The van der Waals surface area contributed by atoms with Crippen LogP contribution in [-0.4, -0.2) is 25.5 Å². The highest BCUT2D eigenvalue weighted by Gasteiger charge is 2.12. The average Bonchev–Trinajstić information content (AvgIpc) is 2.27. The van der Waals surface area contributed by atoms with Gasteiger partial charge in [-0.1, -0.05) is 15.9 Å². The Balaban J connectivity index is 2.82. The van der Waals surface area contributed by atoms with E-state index in [9.17, 15) is 4.79 Å². The summed E-state index contributed by atoms with van der Waals surface area (Å²) in [6, 6.07) is 7.67. The molecule has 0 heterocycles. The molecule has 0 radical (unpaired) electrons. The van der Waals surface area contributed by atoms with Crippen LogP contribution in [0.3, 0.4) is 0 Å². The number of hydrogen-bond acceptors (Lipinski definition) is 3. The number of likely N-dealkylation sites (N-methyl/N-ethyl adjacent to an activating group) is 1. The second-order valence-electron chi connectivity index (χ2n) is 4.35. The van der Waals surface area contributed by atoms with Gasteiger partial charge in [0.15, 0.2) is 0 Å². The fourth-order valence-electron chi connectivity index (χ4n) is 1.60. The highest BCUT2D eigenvalue weighted by atomic mass is 79.9. The molecule has 5 heteroatoms. The Morgan fingerprint density at radius 3 is 2.78 bits per heavy atom. The number of amides is 1. The normalized spacial score (nSPS) is 10.0. The monoisotopic (exact) mass is 309 g/mol. The van der Waals surface area contributed by atoms with Gasteiger partial charge in [0.25, 0.3) is 0 Å². The van der Waals surface area contributed by atoms with Gasteiger partial charge in [-0.15, -0.1) is 0 Å². The largest absolute Gasteiger partial charge is 0.364 e. The molecule has 1 aromatic carbocycles. The lowest BCUT2D eigenvalue weighted by Gasteiger charge is -2.20. The SMILES string of the molecule is CC(C)NC(=O)CN(C)c1ccc(Br)cc1C#N. The van der Waals surface area contributed by atoms with Gasteiger partial charge in [0, 0.05) is 17.6 Å². The molecule has 0 aromatic heterocycles. The van der Waals surface area contributed by atoms with Crippen molar-refractivity contribution in [3.8, 4) is 6.07 Å². The van der Waals surface area contributed by atoms with Gasteiger partial charge in [-0.2, -0.15) is 5.26 Å². The molecule has 0 aliphatic rings. The smallest absolute Gasteiger partial charge is 0.239 e. The number of rotatable bonds is 4. The minimum absolute atomic E-state index is 0.0562. The molecule has 0 atom stereocenters. The summed E-state index contributed by atoms with van der Waals surface area (Å²) in [5.41, 5.74) is 1.30. The summed E-state index contributed by atoms with van der Waals surface area (Å²) in [6.45, 7) is 4.06. The minimum atomic E-state index is -0.0562. The second-order valence-corrected chi connectivity index (χ2v) is 5.27. The first-order valence-electron chi connectivity index (χ1n) is 5.64. The quantitative estimate of drug-likeness (QED) is 0.928. The minimum Gasteiger partial charge on any atom is -0.364 e. The number of hydrogen-bond donors (Lipinski definition) is 1. The molecule has 0 saturated carbocycles. The summed E-state index contributed by atoms with van der Waals surface area (Å²) in [4.78, 5) is 13.4. The molecule has 0 aliphatic heterocycles. The maximum atomic E-state index is 11.7. The highest BCUT2D eigenvalue weighted by Crippen LogP contribution is 2.22. The highest BCUT2D eigenvalue weighted by molar-refractivity contribution is 9.10. The Bertz CT molecular complexity index is 480. The lowest BCUT2D eigenvalue weighted by Crippen LogP contribution is -2.38. The Morgan fingerprint density at radius 2 is 2.22 bits per heavy atom. The summed E-state index contributed by atoms with van der Waals surface area (Å²) in [5.74, 6) is -0.0562. The van der Waals surface area contributed by atoms with Gasteiger partial charge in [0.05, 0.1) is 17.8 Å². The number of benzene rings is 1. The summed E-state index contributed by atoms with van der Waals surface area (Å²) in [6.07, 6.45) is 0. The molecule has 1 aromatic rings. The molecule has 0 aliphatic carbocycles. The van der Waals surface area contributed by atoms with Crippen molar-refractivity contribution in [1.29, 1.82) is 5.26 Å². The van der Waals surface area contributed by atoms with Gasteiger partial charge in [-0.3, -0.25) is 4.79 Å². The van der Waals surface area contributed by atoms with Gasteiger partial charge >= 0.3 is 0 Å². The van der Waals surface area contributed by atoms with Crippen molar-refractivity contribution in [3.63, 3.8) is 0 Å². The topological polar surface area (TPSA) is 56.1 Å². The molecular formula is C13H16BrN3O. The van der Waals surface area contributed by atoms with E-state index in [1.807, 2.05) is 26.0 Å².